The topological polar surface area (TPSA) is 26.0 Å². The van der Waals surface area contributed by atoms with Crippen LogP contribution in [0, 0.1) is 17.8 Å². The zero-order chi connectivity index (χ0) is 9.47. The van der Waals surface area contributed by atoms with Gasteiger partial charge < -0.3 is 5.73 Å². The van der Waals surface area contributed by atoms with E-state index in [1.807, 2.05) is 0 Å². The van der Waals surface area contributed by atoms with Crippen molar-refractivity contribution in [3.05, 3.63) is 0 Å². The van der Waals surface area contributed by atoms with Gasteiger partial charge in [0.05, 0.1) is 0 Å². The molecule has 0 aliphatic heterocycles. The monoisotopic (exact) mass is 181 g/mol. The first-order chi connectivity index (χ1) is 6.16. The molecule has 1 nitrogen and oxygen atoms in total. The molecule has 0 amide bonds. The lowest BCUT2D eigenvalue weighted by atomic mass is 9.76. The summed E-state index contributed by atoms with van der Waals surface area (Å²) in [5, 5.41) is 0. The lowest BCUT2D eigenvalue weighted by Gasteiger charge is -2.32. The van der Waals surface area contributed by atoms with Crippen LogP contribution in [0.2, 0.25) is 0 Å². The Hall–Kier alpha value is -0.0400. The van der Waals surface area contributed by atoms with E-state index in [-0.39, 0.29) is 5.54 Å². The Morgan fingerprint density at radius 2 is 1.77 bits per heavy atom. The Bertz CT molecular complexity index is 182. The van der Waals surface area contributed by atoms with Crippen molar-refractivity contribution in [2.45, 2.75) is 57.9 Å². The molecule has 1 heteroatoms. The van der Waals surface area contributed by atoms with E-state index in [4.69, 9.17) is 5.73 Å². The second-order valence-corrected chi connectivity index (χ2v) is 5.34. The Labute approximate surface area is 82.1 Å². The highest BCUT2D eigenvalue weighted by Crippen LogP contribution is 2.51. The zero-order valence-corrected chi connectivity index (χ0v) is 9.05. The maximum absolute atomic E-state index is 6.35. The van der Waals surface area contributed by atoms with E-state index in [9.17, 15) is 0 Å². The Kier molecular flexibility index (Phi) is 2.39. The van der Waals surface area contributed by atoms with E-state index < -0.39 is 0 Å². The molecule has 0 aromatic carbocycles. The number of hydrogen-bond donors (Lipinski definition) is 1. The molecule has 2 N–H and O–H groups in total. The third kappa shape index (κ3) is 1.63. The molecular formula is C12H23N. The van der Waals surface area contributed by atoms with Gasteiger partial charge in [-0.05, 0) is 37.0 Å². The van der Waals surface area contributed by atoms with Crippen LogP contribution in [0.1, 0.15) is 52.4 Å². The van der Waals surface area contributed by atoms with E-state index >= 15 is 0 Å². The Balaban J connectivity index is 1.85. The van der Waals surface area contributed by atoms with Crippen LogP contribution in [-0.4, -0.2) is 5.54 Å². The molecule has 2 aliphatic carbocycles. The van der Waals surface area contributed by atoms with Gasteiger partial charge in [-0.1, -0.05) is 33.1 Å². The predicted octanol–water partition coefficient (Wildman–Crippen LogP) is 2.94. The number of hydrogen-bond acceptors (Lipinski definition) is 1. The summed E-state index contributed by atoms with van der Waals surface area (Å²) in [6, 6.07) is 0. The van der Waals surface area contributed by atoms with Gasteiger partial charge in [-0.2, -0.15) is 0 Å². The lowest BCUT2D eigenvalue weighted by Crippen LogP contribution is -2.36. The predicted molar refractivity (Wildman–Crippen MR) is 56.4 cm³/mol. The van der Waals surface area contributed by atoms with E-state index in [1.54, 1.807) is 0 Å². The van der Waals surface area contributed by atoms with Crippen LogP contribution >= 0.6 is 0 Å². The first-order valence-corrected chi connectivity index (χ1v) is 5.95. The molecule has 0 heterocycles. The summed E-state index contributed by atoms with van der Waals surface area (Å²) < 4.78 is 0. The molecule has 2 unspecified atom stereocenters. The maximum atomic E-state index is 6.35. The van der Waals surface area contributed by atoms with Crippen molar-refractivity contribution in [1.29, 1.82) is 0 Å². The quantitative estimate of drug-likeness (QED) is 0.696. The van der Waals surface area contributed by atoms with E-state index in [0.717, 1.165) is 17.8 Å². The first kappa shape index (κ1) is 9.51. The Morgan fingerprint density at radius 1 is 1.23 bits per heavy atom. The van der Waals surface area contributed by atoms with Crippen molar-refractivity contribution in [3.8, 4) is 0 Å². The van der Waals surface area contributed by atoms with Crippen molar-refractivity contribution < 1.29 is 0 Å². The normalized spacial score (nSPS) is 50.5. The van der Waals surface area contributed by atoms with Gasteiger partial charge >= 0.3 is 0 Å². The zero-order valence-electron chi connectivity index (χ0n) is 9.05. The standard InChI is InChI=1S/C12H23N/c1-3-10-4-6-11(7-5-10)12(13)8-9(12)2/h9-11H,3-8,13H2,1-2H3. The third-order valence-electron chi connectivity index (χ3n) is 4.60. The smallest absolute Gasteiger partial charge is 0.0212 e. The third-order valence-corrected chi connectivity index (χ3v) is 4.60. The SMILES string of the molecule is CCC1CCC(C2(N)CC2C)CC1. The van der Waals surface area contributed by atoms with Crippen LogP contribution in [0.5, 0.6) is 0 Å². The van der Waals surface area contributed by atoms with Gasteiger partial charge in [0.1, 0.15) is 0 Å². The van der Waals surface area contributed by atoms with Crippen molar-refractivity contribution in [2.24, 2.45) is 23.5 Å². The Morgan fingerprint density at radius 3 is 2.15 bits per heavy atom. The van der Waals surface area contributed by atoms with Crippen LogP contribution in [0.15, 0.2) is 0 Å². The van der Waals surface area contributed by atoms with Crippen LogP contribution in [0.4, 0.5) is 0 Å². The molecule has 0 bridgehead atoms. The minimum atomic E-state index is 0.263. The van der Waals surface area contributed by atoms with Gasteiger partial charge in [0, 0.05) is 5.54 Å². The van der Waals surface area contributed by atoms with Crippen molar-refractivity contribution in [3.63, 3.8) is 0 Å². The maximum Gasteiger partial charge on any atom is 0.0212 e. The van der Waals surface area contributed by atoms with Gasteiger partial charge in [-0.25, -0.2) is 0 Å². The van der Waals surface area contributed by atoms with E-state index in [1.165, 1.54) is 38.5 Å². The first-order valence-electron chi connectivity index (χ1n) is 5.95. The molecule has 2 rings (SSSR count). The van der Waals surface area contributed by atoms with Crippen LogP contribution in [0.25, 0.3) is 0 Å². The second-order valence-electron chi connectivity index (χ2n) is 5.34. The molecule has 2 saturated carbocycles. The fourth-order valence-corrected chi connectivity index (χ4v) is 3.15. The molecule has 13 heavy (non-hydrogen) atoms. The van der Waals surface area contributed by atoms with Crippen LogP contribution < -0.4 is 5.73 Å². The van der Waals surface area contributed by atoms with Crippen LogP contribution in [-0.2, 0) is 0 Å². The summed E-state index contributed by atoms with van der Waals surface area (Å²) >= 11 is 0. The highest BCUT2D eigenvalue weighted by molar-refractivity contribution is 5.10. The fourth-order valence-electron chi connectivity index (χ4n) is 3.15. The largest absolute Gasteiger partial charge is 0.325 e. The van der Waals surface area contributed by atoms with Crippen molar-refractivity contribution in [1.82, 2.24) is 0 Å². The molecule has 0 radical (unpaired) electrons. The average Bonchev–Trinajstić information content (AvgIpc) is 2.76. The number of rotatable bonds is 2. The molecule has 2 fully saturated rings. The summed E-state index contributed by atoms with van der Waals surface area (Å²) in [5.74, 6) is 2.66. The summed E-state index contributed by atoms with van der Waals surface area (Å²) in [6.07, 6.45) is 8.34. The molecule has 0 aromatic heterocycles. The van der Waals surface area contributed by atoms with Crippen molar-refractivity contribution >= 4 is 0 Å². The molecule has 0 spiro atoms. The molecule has 2 aliphatic rings. The van der Waals surface area contributed by atoms with Crippen LogP contribution in [0.3, 0.4) is 0 Å². The van der Waals surface area contributed by atoms with E-state index in [0.29, 0.717) is 0 Å². The van der Waals surface area contributed by atoms with Gasteiger partial charge in [-0.15, -0.1) is 0 Å². The van der Waals surface area contributed by atoms with Gasteiger partial charge in [0.2, 0.25) is 0 Å². The highest BCUT2D eigenvalue weighted by atomic mass is 14.9. The highest BCUT2D eigenvalue weighted by Gasteiger charge is 2.53. The molecule has 2 atom stereocenters. The van der Waals surface area contributed by atoms with E-state index in [2.05, 4.69) is 13.8 Å². The lowest BCUT2D eigenvalue weighted by molar-refractivity contribution is 0.222. The molecular weight excluding hydrogens is 158 g/mol. The summed E-state index contributed by atoms with van der Waals surface area (Å²) in [7, 11) is 0. The van der Waals surface area contributed by atoms with Gasteiger partial charge in [0.15, 0.2) is 0 Å². The van der Waals surface area contributed by atoms with Gasteiger partial charge in [0.25, 0.3) is 0 Å². The van der Waals surface area contributed by atoms with Crippen molar-refractivity contribution in [2.75, 3.05) is 0 Å². The minimum absolute atomic E-state index is 0.263. The van der Waals surface area contributed by atoms with Gasteiger partial charge in [-0.3, -0.25) is 0 Å². The summed E-state index contributed by atoms with van der Waals surface area (Å²) in [6.45, 7) is 4.63. The molecule has 0 saturated heterocycles. The summed E-state index contributed by atoms with van der Waals surface area (Å²) in [4.78, 5) is 0. The minimum Gasteiger partial charge on any atom is -0.325 e. The number of nitrogens with two attached hydrogens (primary N) is 1. The fraction of sp³-hybridized carbons (Fsp3) is 1.00. The average molecular weight is 181 g/mol. The summed E-state index contributed by atoms with van der Waals surface area (Å²) in [5.41, 5.74) is 6.61. The molecule has 0 aromatic rings. The molecule has 76 valence electrons. The second kappa shape index (κ2) is 3.27.